The smallest absolute Gasteiger partial charge is 0.137 e. The van der Waals surface area contributed by atoms with Gasteiger partial charge in [-0.2, -0.15) is 0 Å². The molecule has 0 unspecified atom stereocenters. The van der Waals surface area contributed by atoms with Gasteiger partial charge < -0.3 is 9.84 Å². The van der Waals surface area contributed by atoms with Crippen molar-refractivity contribution in [3.63, 3.8) is 0 Å². The third-order valence-corrected chi connectivity index (χ3v) is 2.78. The first-order chi connectivity index (χ1) is 8.74. The van der Waals surface area contributed by atoms with Crippen LogP contribution in [0, 0.1) is 0 Å². The van der Waals surface area contributed by atoms with Crippen LogP contribution < -0.4 is 4.74 Å². The molecule has 2 aromatic rings. The number of hydrogen-bond acceptors (Lipinski definition) is 4. The standard InChI is InChI=1S/C13H13ClN2O2/c1-18-12-3-2-9(8-10(12)14)11-4-6-15-13(16-11)5-7-17/h2-4,6,8,17H,5,7H2,1H3. The van der Waals surface area contributed by atoms with E-state index in [0.717, 1.165) is 11.3 Å². The summed E-state index contributed by atoms with van der Waals surface area (Å²) in [5, 5.41) is 9.42. The summed E-state index contributed by atoms with van der Waals surface area (Å²) < 4.78 is 5.10. The van der Waals surface area contributed by atoms with E-state index in [0.29, 0.717) is 23.0 Å². The van der Waals surface area contributed by atoms with Gasteiger partial charge in [0.1, 0.15) is 11.6 Å². The van der Waals surface area contributed by atoms with Crippen LogP contribution in [0.3, 0.4) is 0 Å². The largest absolute Gasteiger partial charge is 0.495 e. The minimum absolute atomic E-state index is 0.0345. The van der Waals surface area contributed by atoms with E-state index in [9.17, 15) is 0 Å². The van der Waals surface area contributed by atoms with Crippen molar-refractivity contribution in [3.8, 4) is 17.0 Å². The molecule has 94 valence electrons. The fourth-order valence-corrected chi connectivity index (χ4v) is 1.86. The lowest BCUT2D eigenvalue weighted by Gasteiger charge is -2.06. The molecule has 5 heteroatoms. The van der Waals surface area contributed by atoms with Crippen molar-refractivity contribution in [2.75, 3.05) is 13.7 Å². The molecule has 0 saturated heterocycles. The van der Waals surface area contributed by atoms with Gasteiger partial charge in [-0.25, -0.2) is 9.97 Å². The predicted octanol–water partition coefficient (Wildman–Crippen LogP) is 2.34. The Balaban J connectivity index is 2.36. The lowest BCUT2D eigenvalue weighted by Crippen LogP contribution is -1.99. The number of rotatable bonds is 4. The van der Waals surface area contributed by atoms with Gasteiger partial charge in [0, 0.05) is 18.2 Å². The Morgan fingerprint density at radius 2 is 2.17 bits per heavy atom. The quantitative estimate of drug-likeness (QED) is 0.921. The van der Waals surface area contributed by atoms with Gasteiger partial charge in [-0.15, -0.1) is 0 Å². The van der Waals surface area contributed by atoms with Crippen LogP contribution in [0.1, 0.15) is 5.82 Å². The summed E-state index contributed by atoms with van der Waals surface area (Å²) >= 11 is 6.07. The number of nitrogens with zero attached hydrogens (tertiary/aromatic N) is 2. The van der Waals surface area contributed by atoms with Crippen LogP contribution in [0.15, 0.2) is 30.5 Å². The van der Waals surface area contributed by atoms with Gasteiger partial charge in [-0.05, 0) is 24.3 Å². The van der Waals surface area contributed by atoms with Gasteiger partial charge in [0.25, 0.3) is 0 Å². The Morgan fingerprint density at radius 1 is 1.33 bits per heavy atom. The molecular weight excluding hydrogens is 252 g/mol. The number of aromatic nitrogens is 2. The Labute approximate surface area is 110 Å². The van der Waals surface area contributed by atoms with Crippen molar-refractivity contribution in [2.45, 2.75) is 6.42 Å². The van der Waals surface area contributed by atoms with Crippen LogP contribution in [-0.4, -0.2) is 28.8 Å². The van der Waals surface area contributed by atoms with Gasteiger partial charge >= 0.3 is 0 Å². The first-order valence-corrected chi connectivity index (χ1v) is 5.89. The SMILES string of the molecule is COc1ccc(-c2ccnc(CCO)n2)cc1Cl. The third-order valence-electron chi connectivity index (χ3n) is 2.49. The van der Waals surface area contributed by atoms with Crippen molar-refractivity contribution in [3.05, 3.63) is 41.3 Å². The Kier molecular flexibility index (Phi) is 4.12. The van der Waals surface area contributed by atoms with Crippen LogP contribution >= 0.6 is 11.6 Å². The van der Waals surface area contributed by atoms with Gasteiger partial charge in [0.15, 0.2) is 0 Å². The molecule has 0 atom stereocenters. The van der Waals surface area contributed by atoms with Crippen molar-refractivity contribution in [2.24, 2.45) is 0 Å². The molecule has 0 saturated carbocycles. The summed E-state index contributed by atoms with van der Waals surface area (Å²) in [6.07, 6.45) is 2.11. The number of hydrogen-bond donors (Lipinski definition) is 1. The van der Waals surface area contributed by atoms with E-state index in [1.165, 1.54) is 0 Å². The Hall–Kier alpha value is -1.65. The first-order valence-electron chi connectivity index (χ1n) is 5.51. The highest BCUT2D eigenvalue weighted by Crippen LogP contribution is 2.29. The molecule has 0 fully saturated rings. The summed E-state index contributed by atoms with van der Waals surface area (Å²) in [5.41, 5.74) is 1.67. The molecule has 0 bridgehead atoms. The maximum atomic E-state index is 8.88. The molecule has 1 N–H and O–H groups in total. The van der Waals surface area contributed by atoms with Crippen molar-refractivity contribution >= 4 is 11.6 Å². The summed E-state index contributed by atoms with van der Waals surface area (Å²) in [5.74, 6) is 1.24. The minimum atomic E-state index is 0.0345. The topological polar surface area (TPSA) is 55.2 Å². The summed E-state index contributed by atoms with van der Waals surface area (Å²) in [6.45, 7) is 0.0345. The number of aliphatic hydroxyl groups is 1. The molecule has 1 aromatic carbocycles. The molecule has 0 aliphatic heterocycles. The molecule has 1 aromatic heterocycles. The maximum absolute atomic E-state index is 8.88. The van der Waals surface area contributed by atoms with E-state index in [-0.39, 0.29) is 6.61 Å². The lowest BCUT2D eigenvalue weighted by molar-refractivity contribution is 0.296. The molecule has 0 aliphatic rings. The van der Waals surface area contributed by atoms with E-state index in [1.54, 1.807) is 31.5 Å². The van der Waals surface area contributed by atoms with Crippen LogP contribution in [-0.2, 0) is 6.42 Å². The first kappa shape index (κ1) is 12.8. The van der Waals surface area contributed by atoms with E-state index in [4.69, 9.17) is 21.4 Å². The highest BCUT2D eigenvalue weighted by atomic mass is 35.5. The molecule has 0 aliphatic carbocycles. The molecule has 0 radical (unpaired) electrons. The third kappa shape index (κ3) is 2.78. The molecule has 2 rings (SSSR count). The molecule has 0 spiro atoms. The second-order valence-electron chi connectivity index (χ2n) is 3.68. The van der Waals surface area contributed by atoms with E-state index < -0.39 is 0 Å². The average molecular weight is 265 g/mol. The van der Waals surface area contributed by atoms with E-state index in [2.05, 4.69) is 9.97 Å². The Bertz CT molecular complexity index is 546. The molecule has 1 heterocycles. The van der Waals surface area contributed by atoms with Crippen LogP contribution in [0.4, 0.5) is 0 Å². The van der Waals surface area contributed by atoms with Crippen molar-refractivity contribution in [1.29, 1.82) is 0 Å². The zero-order valence-electron chi connectivity index (χ0n) is 9.93. The number of benzene rings is 1. The van der Waals surface area contributed by atoms with E-state index >= 15 is 0 Å². The highest BCUT2D eigenvalue weighted by Gasteiger charge is 2.06. The number of aliphatic hydroxyl groups excluding tert-OH is 1. The van der Waals surface area contributed by atoms with Crippen LogP contribution in [0.2, 0.25) is 5.02 Å². The summed E-state index contributed by atoms with van der Waals surface area (Å²) in [4.78, 5) is 8.44. The normalized spacial score (nSPS) is 10.4. The highest BCUT2D eigenvalue weighted by molar-refractivity contribution is 6.32. The number of halogens is 1. The minimum Gasteiger partial charge on any atom is -0.495 e. The zero-order chi connectivity index (χ0) is 13.0. The molecule has 4 nitrogen and oxygen atoms in total. The lowest BCUT2D eigenvalue weighted by atomic mass is 10.1. The van der Waals surface area contributed by atoms with Crippen molar-refractivity contribution < 1.29 is 9.84 Å². The monoisotopic (exact) mass is 264 g/mol. The number of ether oxygens (including phenoxy) is 1. The number of methoxy groups -OCH3 is 1. The zero-order valence-corrected chi connectivity index (χ0v) is 10.7. The van der Waals surface area contributed by atoms with Gasteiger partial charge in [-0.3, -0.25) is 0 Å². The summed E-state index contributed by atoms with van der Waals surface area (Å²) in [6, 6.07) is 7.28. The second-order valence-corrected chi connectivity index (χ2v) is 4.09. The van der Waals surface area contributed by atoms with E-state index in [1.807, 2.05) is 6.07 Å². The van der Waals surface area contributed by atoms with Crippen LogP contribution in [0.5, 0.6) is 5.75 Å². The molecular formula is C13H13ClN2O2. The van der Waals surface area contributed by atoms with Crippen molar-refractivity contribution in [1.82, 2.24) is 9.97 Å². The van der Waals surface area contributed by atoms with Gasteiger partial charge in [-0.1, -0.05) is 11.6 Å². The fourth-order valence-electron chi connectivity index (χ4n) is 1.61. The summed E-state index contributed by atoms with van der Waals surface area (Å²) in [7, 11) is 1.57. The van der Waals surface area contributed by atoms with Gasteiger partial charge in [0.05, 0.1) is 24.4 Å². The second kappa shape index (κ2) is 5.80. The molecule has 18 heavy (non-hydrogen) atoms. The predicted molar refractivity (Wildman–Crippen MR) is 69.8 cm³/mol. The fraction of sp³-hybridized carbons (Fsp3) is 0.231. The van der Waals surface area contributed by atoms with Gasteiger partial charge in [0.2, 0.25) is 0 Å². The molecule has 0 amide bonds. The average Bonchev–Trinajstić information content (AvgIpc) is 2.39. The van der Waals surface area contributed by atoms with Crippen LogP contribution in [0.25, 0.3) is 11.3 Å². The Morgan fingerprint density at radius 3 is 2.83 bits per heavy atom. The maximum Gasteiger partial charge on any atom is 0.137 e.